The molecule has 21 heavy (non-hydrogen) atoms. The predicted octanol–water partition coefficient (Wildman–Crippen LogP) is 1.92. The molecule has 0 aromatic carbocycles. The fourth-order valence-corrected chi connectivity index (χ4v) is 2.55. The van der Waals surface area contributed by atoms with E-state index in [1.807, 2.05) is 19.2 Å². The summed E-state index contributed by atoms with van der Waals surface area (Å²) in [5.41, 5.74) is 0.839. The van der Waals surface area contributed by atoms with Crippen molar-refractivity contribution < 1.29 is 14.3 Å². The summed E-state index contributed by atoms with van der Waals surface area (Å²) in [6, 6.07) is 0. The molecular weight excluding hydrogens is 290 g/mol. The van der Waals surface area contributed by atoms with E-state index in [1.165, 1.54) is 11.3 Å². The summed E-state index contributed by atoms with van der Waals surface area (Å²) in [4.78, 5) is 29.2. The van der Waals surface area contributed by atoms with Crippen molar-refractivity contribution in [3.8, 4) is 0 Å². The molecular formula is C14H23N3O3S. The summed E-state index contributed by atoms with van der Waals surface area (Å²) in [5, 5.41) is 5.62. The van der Waals surface area contributed by atoms with Crippen molar-refractivity contribution >= 4 is 28.3 Å². The van der Waals surface area contributed by atoms with Crippen LogP contribution in [0, 0.1) is 0 Å². The number of hydrogen-bond donors (Lipinski definition) is 1. The molecule has 0 bridgehead atoms. The summed E-state index contributed by atoms with van der Waals surface area (Å²) in [6.45, 7) is 7.76. The molecule has 0 fully saturated rings. The van der Waals surface area contributed by atoms with Crippen molar-refractivity contribution in [3.63, 3.8) is 0 Å². The molecule has 6 nitrogen and oxygen atoms in total. The number of esters is 1. The Kier molecular flexibility index (Phi) is 7.74. The van der Waals surface area contributed by atoms with E-state index in [4.69, 9.17) is 4.74 Å². The van der Waals surface area contributed by atoms with Gasteiger partial charge < -0.3 is 15.0 Å². The molecule has 0 aliphatic heterocycles. The van der Waals surface area contributed by atoms with Gasteiger partial charge in [-0.05, 0) is 20.8 Å². The van der Waals surface area contributed by atoms with Crippen molar-refractivity contribution in [2.75, 3.05) is 31.6 Å². The van der Waals surface area contributed by atoms with Crippen LogP contribution in [0.4, 0.5) is 5.13 Å². The molecule has 0 aliphatic carbocycles. The molecule has 0 spiro atoms. The molecule has 0 unspecified atom stereocenters. The van der Waals surface area contributed by atoms with Gasteiger partial charge in [0.05, 0.1) is 25.3 Å². The van der Waals surface area contributed by atoms with Crippen molar-refractivity contribution in [1.29, 1.82) is 0 Å². The van der Waals surface area contributed by atoms with E-state index in [-0.39, 0.29) is 18.4 Å². The van der Waals surface area contributed by atoms with Crippen LogP contribution in [-0.2, 0) is 20.7 Å². The van der Waals surface area contributed by atoms with Gasteiger partial charge in [0.2, 0.25) is 5.91 Å². The lowest BCUT2D eigenvalue weighted by Gasteiger charge is -2.18. The average molecular weight is 313 g/mol. The molecule has 0 saturated heterocycles. The third-order valence-electron chi connectivity index (χ3n) is 2.95. The number of amides is 1. The fraction of sp³-hybridized carbons (Fsp3) is 0.643. The van der Waals surface area contributed by atoms with Crippen LogP contribution in [0.1, 0.15) is 32.9 Å². The second-order valence-corrected chi connectivity index (χ2v) is 5.23. The first kappa shape index (κ1) is 17.4. The number of anilines is 1. The van der Waals surface area contributed by atoms with Crippen LogP contribution in [0.25, 0.3) is 0 Å². The Morgan fingerprint density at radius 3 is 2.67 bits per heavy atom. The van der Waals surface area contributed by atoms with Crippen LogP contribution in [0.3, 0.4) is 0 Å². The van der Waals surface area contributed by atoms with Gasteiger partial charge in [-0.3, -0.25) is 9.59 Å². The van der Waals surface area contributed by atoms with Crippen molar-refractivity contribution in [3.05, 3.63) is 11.1 Å². The maximum absolute atomic E-state index is 11.9. The zero-order valence-corrected chi connectivity index (χ0v) is 13.7. The fourth-order valence-electron chi connectivity index (χ4n) is 1.81. The summed E-state index contributed by atoms with van der Waals surface area (Å²) in [6.07, 6.45) is 0.885. The van der Waals surface area contributed by atoms with Gasteiger partial charge in [0.1, 0.15) is 0 Å². The zero-order valence-electron chi connectivity index (χ0n) is 12.8. The molecule has 1 N–H and O–H groups in total. The third kappa shape index (κ3) is 6.12. The molecule has 1 rings (SSSR count). The van der Waals surface area contributed by atoms with Crippen LogP contribution in [-0.4, -0.2) is 48.0 Å². The molecule has 0 atom stereocenters. The Morgan fingerprint density at radius 2 is 2.05 bits per heavy atom. The number of carbonyl (C=O) groups excluding carboxylic acids is 2. The Labute approximate surface area is 129 Å². The van der Waals surface area contributed by atoms with Crippen molar-refractivity contribution in [2.45, 2.75) is 33.6 Å². The van der Waals surface area contributed by atoms with E-state index >= 15 is 0 Å². The molecule has 0 saturated carbocycles. The van der Waals surface area contributed by atoms with Gasteiger partial charge >= 0.3 is 5.97 Å². The van der Waals surface area contributed by atoms with Gasteiger partial charge in [-0.15, -0.1) is 11.3 Å². The monoisotopic (exact) mass is 313 g/mol. The van der Waals surface area contributed by atoms with Crippen molar-refractivity contribution in [1.82, 2.24) is 9.88 Å². The number of likely N-dealkylation sites (N-methyl/N-ethyl adjacent to an activating group) is 1. The van der Waals surface area contributed by atoms with Gasteiger partial charge in [-0.25, -0.2) is 4.98 Å². The van der Waals surface area contributed by atoms with Gasteiger partial charge in [0.25, 0.3) is 0 Å². The van der Waals surface area contributed by atoms with E-state index < -0.39 is 0 Å². The predicted molar refractivity (Wildman–Crippen MR) is 83.5 cm³/mol. The minimum absolute atomic E-state index is 0.0586. The number of aryl methyl sites for hydroxylation is 1. The van der Waals surface area contributed by atoms with E-state index in [9.17, 15) is 9.59 Å². The highest BCUT2D eigenvalue weighted by atomic mass is 32.1. The molecule has 1 aromatic rings. The topological polar surface area (TPSA) is 71.5 Å². The minimum Gasteiger partial charge on any atom is -0.466 e. The Balaban J connectivity index is 2.38. The van der Waals surface area contributed by atoms with Crippen LogP contribution >= 0.6 is 11.3 Å². The van der Waals surface area contributed by atoms with E-state index in [0.717, 1.165) is 5.69 Å². The lowest BCUT2D eigenvalue weighted by molar-refractivity contribution is -0.143. The number of thiazole rings is 1. The number of ether oxygens (including phenoxy) is 1. The first-order chi connectivity index (χ1) is 10.1. The minimum atomic E-state index is -0.211. The number of nitrogens with zero attached hydrogens (tertiary/aromatic N) is 2. The zero-order chi connectivity index (χ0) is 15.7. The summed E-state index contributed by atoms with van der Waals surface area (Å²) in [7, 11) is 0. The second-order valence-electron chi connectivity index (χ2n) is 4.37. The standard InChI is InChI=1S/C14H23N3O3S/c1-4-17(5-2)12(18)9-15-14-16-11(10-21-14)7-8-13(19)20-6-3/h10H,4-9H2,1-3H3,(H,15,16). The van der Waals surface area contributed by atoms with Crippen LogP contribution in [0.5, 0.6) is 0 Å². The lowest BCUT2D eigenvalue weighted by atomic mass is 10.2. The SMILES string of the molecule is CCOC(=O)CCc1csc(NCC(=O)N(CC)CC)n1. The van der Waals surface area contributed by atoms with Crippen LogP contribution < -0.4 is 5.32 Å². The van der Waals surface area contributed by atoms with E-state index in [1.54, 1.807) is 11.8 Å². The molecule has 1 aromatic heterocycles. The quantitative estimate of drug-likeness (QED) is 0.705. The van der Waals surface area contributed by atoms with Crippen LogP contribution in [0.2, 0.25) is 0 Å². The maximum Gasteiger partial charge on any atom is 0.306 e. The first-order valence-electron chi connectivity index (χ1n) is 7.22. The number of carbonyl (C=O) groups is 2. The van der Waals surface area contributed by atoms with Crippen molar-refractivity contribution in [2.24, 2.45) is 0 Å². The van der Waals surface area contributed by atoms with Gasteiger partial charge in [-0.2, -0.15) is 0 Å². The number of hydrogen-bond acceptors (Lipinski definition) is 6. The Bertz CT molecular complexity index is 458. The first-order valence-corrected chi connectivity index (χ1v) is 8.10. The number of nitrogens with one attached hydrogen (secondary N) is 1. The average Bonchev–Trinajstić information content (AvgIpc) is 2.92. The molecule has 7 heteroatoms. The van der Waals surface area contributed by atoms with E-state index in [0.29, 0.717) is 37.7 Å². The third-order valence-corrected chi connectivity index (χ3v) is 3.80. The highest BCUT2D eigenvalue weighted by Gasteiger charge is 2.10. The largest absolute Gasteiger partial charge is 0.466 e. The highest BCUT2D eigenvalue weighted by Crippen LogP contribution is 2.16. The van der Waals surface area contributed by atoms with Crippen LogP contribution in [0.15, 0.2) is 5.38 Å². The summed E-state index contributed by atoms with van der Waals surface area (Å²) < 4.78 is 4.87. The number of aromatic nitrogens is 1. The maximum atomic E-state index is 11.9. The van der Waals surface area contributed by atoms with Gasteiger partial charge in [-0.1, -0.05) is 0 Å². The molecule has 0 radical (unpaired) electrons. The van der Waals surface area contributed by atoms with Gasteiger partial charge in [0.15, 0.2) is 5.13 Å². The summed E-state index contributed by atoms with van der Waals surface area (Å²) >= 11 is 1.44. The highest BCUT2D eigenvalue weighted by molar-refractivity contribution is 7.13. The molecule has 118 valence electrons. The molecule has 1 amide bonds. The lowest BCUT2D eigenvalue weighted by Crippen LogP contribution is -2.35. The summed E-state index contributed by atoms with van der Waals surface area (Å²) in [5.74, 6) is -0.153. The normalized spacial score (nSPS) is 10.2. The molecule has 0 aliphatic rings. The number of rotatable bonds is 9. The molecule has 1 heterocycles. The Hall–Kier alpha value is -1.63. The smallest absolute Gasteiger partial charge is 0.306 e. The van der Waals surface area contributed by atoms with Gasteiger partial charge in [0, 0.05) is 24.9 Å². The van der Waals surface area contributed by atoms with E-state index in [2.05, 4.69) is 10.3 Å². The second kappa shape index (κ2) is 9.33. The Morgan fingerprint density at radius 1 is 1.33 bits per heavy atom.